The number of aromatic nitrogens is 2. The van der Waals surface area contributed by atoms with Gasteiger partial charge in [-0.25, -0.2) is 4.98 Å². The monoisotopic (exact) mass is 467 g/mol. The summed E-state index contributed by atoms with van der Waals surface area (Å²) in [7, 11) is 0. The van der Waals surface area contributed by atoms with Crippen LogP contribution in [0.2, 0.25) is 0 Å². The number of benzene rings is 3. The summed E-state index contributed by atoms with van der Waals surface area (Å²) in [5, 5.41) is 5.23. The standard InChI is InChI=1S/C28H25N3O2S/c1-2-33-24-15-13-20(14-16-24)25-18-31-23(19-34-28(31)29-25)17-26(32)30-27(21-9-5-3-6-10-21)22-11-7-4-8-12-22/h3-16,18-19,27H,2,17H2,1H3,(H,30,32). The van der Waals surface area contributed by atoms with E-state index in [2.05, 4.69) is 5.32 Å². The number of hydrogen-bond acceptors (Lipinski definition) is 4. The summed E-state index contributed by atoms with van der Waals surface area (Å²) in [6.07, 6.45) is 2.27. The second kappa shape index (κ2) is 9.93. The van der Waals surface area contributed by atoms with E-state index in [4.69, 9.17) is 9.72 Å². The van der Waals surface area contributed by atoms with E-state index in [1.807, 2.05) is 108 Å². The first-order chi connectivity index (χ1) is 16.7. The average Bonchev–Trinajstić information content (AvgIpc) is 3.46. The van der Waals surface area contributed by atoms with Gasteiger partial charge in [0.05, 0.1) is 24.8 Å². The summed E-state index contributed by atoms with van der Waals surface area (Å²) < 4.78 is 7.54. The third-order valence-corrected chi connectivity index (χ3v) is 6.55. The van der Waals surface area contributed by atoms with Crippen LogP contribution in [0.3, 0.4) is 0 Å². The van der Waals surface area contributed by atoms with Crippen molar-refractivity contribution in [3.05, 3.63) is 113 Å². The largest absolute Gasteiger partial charge is 0.494 e. The van der Waals surface area contributed by atoms with Gasteiger partial charge in [-0.2, -0.15) is 0 Å². The van der Waals surface area contributed by atoms with Crippen molar-refractivity contribution in [2.75, 3.05) is 6.61 Å². The van der Waals surface area contributed by atoms with Crippen molar-refractivity contribution in [1.29, 1.82) is 0 Å². The van der Waals surface area contributed by atoms with Crippen LogP contribution in [0.25, 0.3) is 16.2 Å². The number of ether oxygens (including phenoxy) is 1. The lowest BCUT2D eigenvalue weighted by atomic mass is 9.98. The fourth-order valence-corrected chi connectivity index (χ4v) is 4.88. The second-order valence-electron chi connectivity index (χ2n) is 7.96. The molecule has 0 aliphatic carbocycles. The van der Waals surface area contributed by atoms with E-state index in [0.717, 1.165) is 38.8 Å². The molecule has 0 unspecified atom stereocenters. The molecule has 0 saturated carbocycles. The molecule has 5 nitrogen and oxygen atoms in total. The van der Waals surface area contributed by atoms with Gasteiger partial charge < -0.3 is 10.1 Å². The van der Waals surface area contributed by atoms with E-state index in [1.54, 1.807) is 11.3 Å². The zero-order chi connectivity index (χ0) is 23.3. The molecule has 3 aromatic carbocycles. The summed E-state index contributed by atoms with van der Waals surface area (Å²) in [5.74, 6) is 0.810. The highest BCUT2D eigenvalue weighted by atomic mass is 32.1. The SMILES string of the molecule is CCOc1ccc(-c2cn3c(CC(=O)NC(c4ccccc4)c4ccccc4)csc3n2)cc1. The van der Waals surface area contributed by atoms with Gasteiger partial charge in [0.15, 0.2) is 4.96 Å². The van der Waals surface area contributed by atoms with Gasteiger partial charge in [-0.05, 0) is 42.3 Å². The van der Waals surface area contributed by atoms with Crippen LogP contribution in [0.4, 0.5) is 0 Å². The van der Waals surface area contributed by atoms with Crippen molar-refractivity contribution in [2.45, 2.75) is 19.4 Å². The molecular weight excluding hydrogens is 442 g/mol. The third kappa shape index (κ3) is 4.72. The number of carbonyl (C=O) groups is 1. The Morgan fingerprint density at radius 2 is 1.62 bits per heavy atom. The molecule has 2 heterocycles. The second-order valence-corrected chi connectivity index (χ2v) is 8.80. The highest BCUT2D eigenvalue weighted by Gasteiger charge is 2.18. The predicted octanol–water partition coefficient (Wildman–Crippen LogP) is 5.91. The molecule has 6 heteroatoms. The first-order valence-corrected chi connectivity index (χ1v) is 12.2. The van der Waals surface area contributed by atoms with Crippen LogP contribution in [0.1, 0.15) is 29.8 Å². The number of fused-ring (bicyclic) bond motifs is 1. The molecule has 0 spiro atoms. The first-order valence-electron chi connectivity index (χ1n) is 11.3. The third-order valence-electron chi connectivity index (χ3n) is 5.66. The van der Waals surface area contributed by atoms with Crippen molar-refractivity contribution in [3.8, 4) is 17.0 Å². The van der Waals surface area contributed by atoms with Crippen molar-refractivity contribution in [3.63, 3.8) is 0 Å². The zero-order valence-corrected chi connectivity index (χ0v) is 19.7. The maximum absolute atomic E-state index is 13.1. The molecular formula is C28H25N3O2S. The van der Waals surface area contributed by atoms with Gasteiger partial charge in [0, 0.05) is 22.8 Å². The van der Waals surface area contributed by atoms with Gasteiger partial charge in [-0.3, -0.25) is 9.20 Å². The maximum atomic E-state index is 13.1. The fourth-order valence-electron chi connectivity index (χ4n) is 4.01. The lowest BCUT2D eigenvalue weighted by molar-refractivity contribution is -0.121. The Bertz CT molecular complexity index is 1340. The van der Waals surface area contributed by atoms with Gasteiger partial charge >= 0.3 is 0 Å². The van der Waals surface area contributed by atoms with E-state index in [-0.39, 0.29) is 18.4 Å². The van der Waals surface area contributed by atoms with E-state index in [1.165, 1.54) is 0 Å². The van der Waals surface area contributed by atoms with E-state index in [9.17, 15) is 4.79 Å². The Hall–Kier alpha value is -3.90. The summed E-state index contributed by atoms with van der Waals surface area (Å²) in [4.78, 5) is 18.8. The first kappa shape index (κ1) is 21.9. The molecule has 1 N–H and O–H groups in total. The van der Waals surface area contributed by atoms with Crippen molar-refractivity contribution < 1.29 is 9.53 Å². The van der Waals surface area contributed by atoms with Crippen LogP contribution in [-0.2, 0) is 11.2 Å². The molecule has 0 aliphatic heterocycles. The Kier molecular flexibility index (Phi) is 6.40. The van der Waals surface area contributed by atoms with Gasteiger partial charge in [-0.1, -0.05) is 60.7 Å². The Balaban J connectivity index is 1.35. The number of imidazole rings is 1. The van der Waals surface area contributed by atoms with Crippen molar-refractivity contribution >= 4 is 22.2 Å². The van der Waals surface area contributed by atoms with Gasteiger partial charge in [0.2, 0.25) is 5.91 Å². The topological polar surface area (TPSA) is 55.6 Å². The Labute approximate surface area is 202 Å². The lowest BCUT2D eigenvalue weighted by Gasteiger charge is -2.20. The molecule has 5 aromatic rings. The van der Waals surface area contributed by atoms with Crippen LogP contribution in [0.15, 0.2) is 96.5 Å². The summed E-state index contributed by atoms with van der Waals surface area (Å²) in [6, 6.07) is 27.8. The van der Waals surface area contributed by atoms with Gasteiger partial charge in [0.25, 0.3) is 0 Å². The number of rotatable bonds is 8. The highest BCUT2D eigenvalue weighted by Crippen LogP contribution is 2.26. The molecule has 0 aliphatic rings. The molecule has 0 fully saturated rings. The molecule has 170 valence electrons. The van der Waals surface area contributed by atoms with E-state index in [0.29, 0.717) is 6.61 Å². The zero-order valence-electron chi connectivity index (χ0n) is 18.8. The minimum Gasteiger partial charge on any atom is -0.494 e. The molecule has 0 saturated heterocycles. The van der Waals surface area contributed by atoms with Crippen molar-refractivity contribution in [1.82, 2.24) is 14.7 Å². The maximum Gasteiger partial charge on any atom is 0.226 e. The minimum absolute atomic E-state index is 0.0336. The molecule has 5 rings (SSSR count). The molecule has 0 atom stereocenters. The van der Waals surface area contributed by atoms with Crippen LogP contribution < -0.4 is 10.1 Å². The Morgan fingerprint density at radius 3 is 2.24 bits per heavy atom. The normalized spacial score (nSPS) is 11.1. The number of carbonyl (C=O) groups excluding carboxylic acids is 1. The quantitative estimate of drug-likeness (QED) is 0.309. The van der Waals surface area contributed by atoms with Crippen LogP contribution in [0.5, 0.6) is 5.75 Å². The van der Waals surface area contributed by atoms with Crippen LogP contribution in [0, 0.1) is 0 Å². The number of nitrogens with zero attached hydrogens (tertiary/aromatic N) is 2. The summed E-state index contributed by atoms with van der Waals surface area (Å²) >= 11 is 1.54. The summed E-state index contributed by atoms with van der Waals surface area (Å²) in [5.41, 5.74) is 4.92. The number of nitrogens with one attached hydrogen (secondary N) is 1. The number of amides is 1. The molecule has 0 radical (unpaired) electrons. The van der Waals surface area contributed by atoms with Gasteiger partial charge in [0.1, 0.15) is 5.75 Å². The fraction of sp³-hybridized carbons (Fsp3) is 0.143. The highest BCUT2D eigenvalue weighted by molar-refractivity contribution is 7.15. The molecule has 1 amide bonds. The molecule has 0 bridgehead atoms. The van der Waals surface area contributed by atoms with Crippen molar-refractivity contribution in [2.24, 2.45) is 0 Å². The minimum atomic E-state index is -0.203. The summed E-state index contributed by atoms with van der Waals surface area (Å²) in [6.45, 7) is 2.61. The smallest absolute Gasteiger partial charge is 0.226 e. The van der Waals surface area contributed by atoms with E-state index >= 15 is 0 Å². The van der Waals surface area contributed by atoms with Crippen LogP contribution >= 0.6 is 11.3 Å². The Morgan fingerprint density at radius 1 is 0.971 bits per heavy atom. The van der Waals surface area contributed by atoms with Crippen LogP contribution in [-0.4, -0.2) is 21.9 Å². The number of thiazole rings is 1. The number of hydrogen-bond donors (Lipinski definition) is 1. The molecule has 34 heavy (non-hydrogen) atoms. The molecule has 2 aromatic heterocycles. The van der Waals surface area contributed by atoms with E-state index < -0.39 is 0 Å². The lowest BCUT2D eigenvalue weighted by Crippen LogP contribution is -2.30. The van der Waals surface area contributed by atoms with Gasteiger partial charge in [-0.15, -0.1) is 11.3 Å². The average molecular weight is 468 g/mol. The predicted molar refractivity (Wildman–Crippen MR) is 136 cm³/mol.